The van der Waals surface area contributed by atoms with Crippen molar-refractivity contribution in [3.8, 4) is 11.3 Å². The molecule has 0 aliphatic carbocycles. The van der Waals surface area contributed by atoms with Crippen molar-refractivity contribution in [2.45, 2.75) is 25.8 Å². The molecule has 0 saturated heterocycles. The molecule has 2 N–H and O–H groups in total. The van der Waals surface area contributed by atoms with Crippen LogP contribution in [-0.2, 0) is 5.54 Å². The molecule has 17 heavy (non-hydrogen) atoms. The van der Waals surface area contributed by atoms with Gasteiger partial charge in [0.25, 0.3) is 0 Å². The van der Waals surface area contributed by atoms with E-state index in [4.69, 9.17) is 5.73 Å². The SMILES string of the molecule is CCC(C)(N)c1nc(-c2ccccc2Br)cs1. The molecule has 90 valence electrons. The number of thiazole rings is 1. The average molecular weight is 311 g/mol. The minimum Gasteiger partial charge on any atom is -0.320 e. The van der Waals surface area contributed by atoms with E-state index in [1.165, 1.54) is 0 Å². The molecular weight excluding hydrogens is 296 g/mol. The second-order valence-corrected chi connectivity index (χ2v) is 6.00. The van der Waals surface area contributed by atoms with E-state index in [0.29, 0.717) is 0 Å². The summed E-state index contributed by atoms with van der Waals surface area (Å²) >= 11 is 5.17. The van der Waals surface area contributed by atoms with Gasteiger partial charge < -0.3 is 5.73 Å². The maximum absolute atomic E-state index is 6.20. The highest BCUT2D eigenvalue weighted by atomic mass is 79.9. The Morgan fingerprint density at radius 3 is 2.76 bits per heavy atom. The van der Waals surface area contributed by atoms with E-state index in [2.05, 4.69) is 39.3 Å². The van der Waals surface area contributed by atoms with Crippen molar-refractivity contribution in [3.63, 3.8) is 0 Å². The third-order valence-electron chi connectivity index (χ3n) is 2.88. The van der Waals surface area contributed by atoms with Crippen LogP contribution < -0.4 is 5.73 Å². The van der Waals surface area contributed by atoms with Crippen molar-refractivity contribution in [1.82, 2.24) is 4.98 Å². The van der Waals surface area contributed by atoms with Crippen molar-refractivity contribution in [3.05, 3.63) is 39.1 Å². The van der Waals surface area contributed by atoms with E-state index in [1.807, 2.05) is 25.1 Å². The van der Waals surface area contributed by atoms with Gasteiger partial charge in [-0.1, -0.05) is 41.1 Å². The van der Waals surface area contributed by atoms with E-state index < -0.39 is 0 Å². The fraction of sp³-hybridized carbons (Fsp3) is 0.308. The lowest BCUT2D eigenvalue weighted by atomic mass is 10.0. The summed E-state index contributed by atoms with van der Waals surface area (Å²) in [6.07, 6.45) is 0.885. The van der Waals surface area contributed by atoms with E-state index in [-0.39, 0.29) is 5.54 Å². The van der Waals surface area contributed by atoms with Crippen molar-refractivity contribution < 1.29 is 0 Å². The largest absolute Gasteiger partial charge is 0.320 e. The summed E-state index contributed by atoms with van der Waals surface area (Å²) in [6.45, 7) is 4.11. The van der Waals surface area contributed by atoms with Gasteiger partial charge in [0, 0.05) is 15.4 Å². The fourth-order valence-electron chi connectivity index (χ4n) is 1.48. The standard InChI is InChI=1S/C13H15BrN2S/c1-3-13(2,15)12-16-11(8-17-12)9-6-4-5-7-10(9)14/h4-8H,3,15H2,1-2H3. The Hall–Kier alpha value is -0.710. The third kappa shape index (κ3) is 2.59. The number of nitrogens with zero attached hydrogens (tertiary/aromatic N) is 1. The molecule has 1 aromatic carbocycles. The highest BCUT2D eigenvalue weighted by Gasteiger charge is 2.23. The van der Waals surface area contributed by atoms with Crippen LogP contribution >= 0.6 is 27.3 Å². The lowest BCUT2D eigenvalue weighted by Gasteiger charge is -2.18. The average Bonchev–Trinajstić information content (AvgIpc) is 2.79. The summed E-state index contributed by atoms with van der Waals surface area (Å²) in [6, 6.07) is 8.10. The smallest absolute Gasteiger partial charge is 0.113 e. The van der Waals surface area contributed by atoms with E-state index in [0.717, 1.165) is 27.2 Å². The summed E-state index contributed by atoms with van der Waals surface area (Å²) in [5, 5.41) is 3.06. The second-order valence-electron chi connectivity index (χ2n) is 4.29. The van der Waals surface area contributed by atoms with E-state index in [1.54, 1.807) is 11.3 Å². The van der Waals surface area contributed by atoms with E-state index >= 15 is 0 Å². The Labute approximate surface area is 114 Å². The van der Waals surface area contributed by atoms with Crippen molar-refractivity contribution in [2.24, 2.45) is 5.73 Å². The Bertz CT molecular complexity index is 520. The third-order valence-corrected chi connectivity index (χ3v) is 4.69. The van der Waals surface area contributed by atoms with Crippen molar-refractivity contribution in [1.29, 1.82) is 0 Å². The monoisotopic (exact) mass is 310 g/mol. The van der Waals surface area contributed by atoms with Gasteiger partial charge in [0.2, 0.25) is 0 Å². The second kappa shape index (κ2) is 4.88. The van der Waals surface area contributed by atoms with Gasteiger partial charge in [-0.2, -0.15) is 0 Å². The van der Waals surface area contributed by atoms with Gasteiger partial charge in [-0.25, -0.2) is 4.98 Å². The predicted octanol–water partition coefficient (Wildman–Crippen LogP) is 4.16. The molecule has 1 atom stereocenters. The summed E-state index contributed by atoms with van der Waals surface area (Å²) < 4.78 is 1.06. The molecule has 0 aliphatic heterocycles. The van der Waals surface area contributed by atoms with Crippen molar-refractivity contribution in [2.75, 3.05) is 0 Å². The zero-order chi connectivity index (χ0) is 12.5. The molecule has 0 radical (unpaired) electrons. The van der Waals surface area contributed by atoms with Gasteiger partial charge in [0.15, 0.2) is 0 Å². The number of rotatable bonds is 3. The zero-order valence-electron chi connectivity index (χ0n) is 9.90. The lowest BCUT2D eigenvalue weighted by molar-refractivity contribution is 0.474. The maximum Gasteiger partial charge on any atom is 0.113 e. The zero-order valence-corrected chi connectivity index (χ0v) is 12.3. The molecule has 0 saturated carbocycles. The Balaban J connectivity index is 2.40. The number of benzene rings is 1. The van der Waals surface area contributed by atoms with Gasteiger partial charge in [-0.15, -0.1) is 11.3 Å². The van der Waals surface area contributed by atoms with Crippen LogP contribution in [0.15, 0.2) is 34.1 Å². The highest BCUT2D eigenvalue weighted by Crippen LogP contribution is 2.32. The van der Waals surface area contributed by atoms with Gasteiger partial charge in [-0.05, 0) is 19.4 Å². The van der Waals surface area contributed by atoms with Crippen LogP contribution in [0.1, 0.15) is 25.3 Å². The molecule has 0 amide bonds. The number of hydrogen-bond acceptors (Lipinski definition) is 3. The molecule has 0 fully saturated rings. The normalized spacial score (nSPS) is 14.6. The minimum absolute atomic E-state index is 0.329. The number of hydrogen-bond donors (Lipinski definition) is 1. The van der Waals surface area contributed by atoms with Crippen molar-refractivity contribution >= 4 is 27.3 Å². The molecule has 1 aromatic heterocycles. The van der Waals surface area contributed by atoms with Crippen LogP contribution in [0.25, 0.3) is 11.3 Å². The molecule has 2 nitrogen and oxygen atoms in total. The first-order valence-corrected chi connectivity index (χ1v) is 7.21. The number of halogens is 1. The Kier molecular flexibility index (Phi) is 3.66. The molecule has 0 bridgehead atoms. The Morgan fingerprint density at radius 1 is 1.41 bits per heavy atom. The van der Waals surface area contributed by atoms with Gasteiger partial charge in [0.05, 0.1) is 11.2 Å². The first-order chi connectivity index (χ1) is 8.04. The van der Waals surface area contributed by atoms with Crippen LogP contribution in [-0.4, -0.2) is 4.98 Å². The molecular formula is C13H15BrN2S. The topological polar surface area (TPSA) is 38.9 Å². The number of aromatic nitrogens is 1. The van der Waals surface area contributed by atoms with E-state index in [9.17, 15) is 0 Å². The molecule has 0 spiro atoms. The first kappa shape index (κ1) is 12.7. The van der Waals surface area contributed by atoms with Gasteiger partial charge in [0.1, 0.15) is 5.01 Å². The summed E-state index contributed by atoms with van der Waals surface area (Å²) in [7, 11) is 0. The van der Waals surface area contributed by atoms with Gasteiger partial charge >= 0.3 is 0 Å². The van der Waals surface area contributed by atoms with Crippen LogP contribution in [0.4, 0.5) is 0 Å². The number of nitrogens with two attached hydrogens (primary N) is 1. The first-order valence-electron chi connectivity index (χ1n) is 5.54. The Morgan fingerprint density at radius 2 is 2.12 bits per heavy atom. The minimum atomic E-state index is -0.329. The van der Waals surface area contributed by atoms with Crippen LogP contribution in [0.5, 0.6) is 0 Å². The van der Waals surface area contributed by atoms with Crippen LogP contribution in [0.3, 0.4) is 0 Å². The van der Waals surface area contributed by atoms with Crippen LogP contribution in [0.2, 0.25) is 0 Å². The molecule has 1 heterocycles. The molecule has 4 heteroatoms. The summed E-state index contributed by atoms with van der Waals surface area (Å²) in [4.78, 5) is 4.65. The summed E-state index contributed by atoms with van der Waals surface area (Å²) in [5.41, 5.74) is 7.98. The molecule has 0 aliphatic rings. The fourth-order valence-corrected chi connectivity index (χ4v) is 2.94. The molecule has 2 rings (SSSR count). The summed E-state index contributed by atoms with van der Waals surface area (Å²) in [5.74, 6) is 0. The quantitative estimate of drug-likeness (QED) is 0.924. The molecule has 1 unspecified atom stereocenters. The van der Waals surface area contributed by atoms with Crippen LogP contribution in [0, 0.1) is 0 Å². The predicted molar refractivity (Wildman–Crippen MR) is 77.1 cm³/mol. The van der Waals surface area contributed by atoms with Gasteiger partial charge in [-0.3, -0.25) is 0 Å². The molecule has 2 aromatic rings. The lowest BCUT2D eigenvalue weighted by Crippen LogP contribution is -2.31. The maximum atomic E-state index is 6.20. The highest BCUT2D eigenvalue weighted by molar-refractivity contribution is 9.10.